The van der Waals surface area contributed by atoms with Crippen LogP contribution in [0.5, 0.6) is 0 Å². The van der Waals surface area contributed by atoms with E-state index in [1.165, 1.54) is 6.42 Å². The molecule has 0 unspecified atom stereocenters. The Balaban J connectivity index is 1.65. The van der Waals surface area contributed by atoms with Gasteiger partial charge in [-0.25, -0.2) is 4.79 Å². The van der Waals surface area contributed by atoms with Gasteiger partial charge in [0.1, 0.15) is 12.1 Å². The summed E-state index contributed by atoms with van der Waals surface area (Å²) in [7, 11) is 0. The summed E-state index contributed by atoms with van der Waals surface area (Å²) in [5, 5.41) is 5.61. The summed E-state index contributed by atoms with van der Waals surface area (Å²) in [5.74, 6) is -0.617. The first-order valence-corrected chi connectivity index (χ1v) is 9.01. The van der Waals surface area contributed by atoms with Gasteiger partial charge >= 0.3 is 6.03 Å². The maximum Gasteiger partial charge on any atom is 0.325 e. The van der Waals surface area contributed by atoms with E-state index in [2.05, 4.69) is 10.6 Å². The fourth-order valence-electron chi connectivity index (χ4n) is 3.65. The minimum absolute atomic E-state index is 0.250. The van der Waals surface area contributed by atoms with Gasteiger partial charge in [0.25, 0.3) is 5.91 Å². The molecule has 6 nitrogen and oxygen atoms in total. The van der Waals surface area contributed by atoms with Gasteiger partial charge in [-0.15, -0.1) is 0 Å². The second kappa shape index (κ2) is 7.25. The molecular formula is C19H25N3O3. The summed E-state index contributed by atoms with van der Waals surface area (Å²) in [5.41, 5.74) is 0.948. The van der Waals surface area contributed by atoms with Crippen molar-refractivity contribution in [1.29, 1.82) is 0 Å². The molecule has 1 spiro atoms. The molecule has 134 valence electrons. The van der Waals surface area contributed by atoms with Gasteiger partial charge in [0.2, 0.25) is 5.91 Å². The van der Waals surface area contributed by atoms with Crippen LogP contribution in [0.25, 0.3) is 0 Å². The van der Waals surface area contributed by atoms with Crippen molar-refractivity contribution >= 4 is 23.5 Å². The molecule has 2 fully saturated rings. The third-order valence-electron chi connectivity index (χ3n) is 5.09. The Morgan fingerprint density at radius 2 is 1.68 bits per heavy atom. The predicted octanol–water partition coefficient (Wildman–Crippen LogP) is 2.97. The zero-order valence-corrected chi connectivity index (χ0v) is 14.6. The molecule has 1 aliphatic heterocycles. The molecule has 3 rings (SSSR count). The number of aryl methyl sites for hydroxylation is 1. The van der Waals surface area contributed by atoms with Crippen molar-refractivity contribution in [2.45, 2.75) is 57.4 Å². The Morgan fingerprint density at radius 1 is 1.08 bits per heavy atom. The van der Waals surface area contributed by atoms with Crippen molar-refractivity contribution in [3.05, 3.63) is 29.8 Å². The number of anilines is 1. The van der Waals surface area contributed by atoms with Crippen LogP contribution < -0.4 is 10.6 Å². The van der Waals surface area contributed by atoms with Gasteiger partial charge < -0.3 is 10.6 Å². The van der Waals surface area contributed by atoms with E-state index in [1.807, 2.05) is 19.1 Å². The van der Waals surface area contributed by atoms with Crippen LogP contribution in [0.1, 0.15) is 50.5 Å². The molecule has 1 saturated heterocycles. The van der Waals surface area contributed by atoms with Crippen LogP contribution in [0.2, 0.25) is 0 Å². The number of hydrogen-bond donors (Lipinski definition) is 2. The number of hydrogen-bond acceptors (Lipinski definition) is 3. The number of carbonyl (C=O) groups excluding carboxylic acids is 3. The molecule has 1 heterocycles. The second-order valence-corrected chi connectivity index (χ2v) is 7.09. The van der Waals surface area contributed by atoms with E-state index in [0.29, 0.717) is 18.5 Å². The molecular weight excluding hydrogens is 318 g/mol. The Labute approximate surface area is 148 Å². The molecule has 0 radical (unpaired) electrons. The fourth-order valence-corrected chi connectivity index (χ4v) is 3.65. The summed E-state index contributed by atoms with van der Waals surface area (Å²) in [6, 6.07) is 6.94. The maximum absolute atomic E-state index is 12.9. The van der Waals surface area contributed by atoms with Gasteiger partial charge in [-0.1, -0.05) is 49.8 Å². The molecule has 1 aromatic carbocycles. The average Bonchev–Trinajstić information content (AvgIpc) is 2.78. The largest absolute Gasteiger partial charge is 0.325 e. The topological polar surface area (TPSA) is 78.5 Å². The standard InChI is InChI=1S/C19H25N3O3/c1-14-7-9-15(10-8-14)20-16(23)13-22-17(24)19(21-18(22)25)11-5-3-2-4-6-12-19/h7-10H,2-6,11-13H2,1H3,(H,20,23)(H,21,25). The van der Waals surface area contributed by atoms with Gasteiger partial charge in [0.15, 0.2) is 0 Å². The maximum atomic E-state index is 12.9. The van der Waals surface area contributed by atoms with Gasteiger partial charge in [-0.05, 0) is 31.9 Å². The first kappa shape index (κ1) is 17.5. The highest BCUT2D eigenvalue weighted by atomic mass is 16.2. The molecule has 4 amide bonds. The minimum atomic E-state index is -0.804. The Kier molecular flexibility index (Phi) is 5.06. The van der Waals surface area contributed by atoms with E-state index in [9.17, 15) is 14.4 Å². The molecule has 0 aromatic heterocycles. The summed E-state index contributed by atoms with van der Waals surface area (Å²) in [6.07, 6.45) is 6.52. The van der Waals surface area contributed by atoms with Crippen LogP contribution in [-0.4, -0.2) is 34.8 Å². The monoisotopic (exact) mass is 343 g/mol. The Bertz CT molecular complexity index is 661. The molecule has 25 heavy (non-hydrogen) atoms. The third kappa shape index (κ3) is 3.83. The van der Waals surface area contributed by atoms with Crippen molar-refractivity contribution in [2.75, 3.05) is 11.9 Å². The fraction of sp³-hybridized carbons (Fsp3) is 0.526. The predicted molar refractivity (Wildman–Crippen MR) is 95.1 cm³/mol. The summed E-state index contributed by atoms with van der Waals surface area (Å²) in [6.45, 7) is 1.72. The van der Waals surface area contributed by atoms with Crippen LogP contribution in [0, 0.1) is 6.92 Å². The molecule has 2 aliphatic rings. The van der Waals surface area contributed by atoms with E-state index >= 15 is 0 Å². The molecule has 6 heteroatoms. The van der Waals surface area contributed by atoms with Crippen molar-refractivity contribution in [3.63, 3.8) is 0 Å². The Morgan fingerprint density at radius 3 is 2.32 bits per heavy atom. The summed E-state index contributed by atoms with van der Waals surface area (Å²) < 4.78 is 0. The summed E-state index contributed by atoms with van der Waals surface area (Å²) in [4.78, 5) is 38.5. The van der Waals surface area contributed by atoms with Crippen molar-refractivity contribution in [1.82, 2.24) is 10.2 Å². The number of benzene rings is 1. The highest BCUT2D eigenvalue weighted by Crippen LogP contribution is 2.32. The smallest absolute Gasteiger partial charge is 0.325 e. The molecule has 1 saturated carbocycles. The third-order valence-corrected chi connectivity index (χ3v) is 5.09. The number of imide groups is 1. The zero-order valence-electron chi connectivity index (χ0n) is 14.6. The number of carbonyl (C=O) groups is 3. The lowest BCUT2D eigenvalue weighted by atomic mass is 9.84. The van der Waals surface area contributed by atoms with Crippen LogP contribution in [-0.2, 0) is 9.59 Å². The first-order chi connectivity index (χ1) is 12.0. The van der Waals surface area contributed by atoms with Crippen LogP contribution in [0.15, 0.2) is 24.3 Å². The van der Waals surface area contributed by atoms with E-state index in [-0.39, 0.29) is 18.4 Å². The number of urea groups is 1. The van der Waals surface area contributed by atoms with Crippen LogP contribution >= 0.6 is 0 Å². The lowest BCUT2D eigenvalue weighted by molar-refractivity contribution is -0.134. The SMILES string of the molecule is Cc1ccc(NC(=O)CN2C(=O)NC3(CCCCCCC3)C2=O)cc1. The normalized spacial score (nSPS) is 20.1. The van der Waals surface area contributed by atoms with E-state index < -0.39 is 11.6 Å². The summed E-state index contributed by atoms with van der Waals surface area (Å²) >= 11 is 0. The molecule has 1 aromatic rings. The highest BCUT2D eigenvalue weighted by Gasteiger charge is 2.50. The van der Waals surface area contributed by atoms with Crippen LogP contribution in [0.4, 0.5) is 10.5 Å². The van der Waals surface area contributed by atoms with Gasteiger partial charge in [-0.3, -0.25) is 14.5 Å². The van der Waals surface area contributed by atoms with Gasteiger partial charge in [-0.2, -0.15) is 0 Å². The number of nitrogens with one attached hydrogen (secondary N) is 2. The van der Waals surface area contributed by atoms with E-state index in [1.54, 1.807) is 12.1 Å². The highest BCUT2D eigenvalue weighted by molar-refractivity contribution is 6.10. The number of amides is 4. The lowest BCUT2D eigenvalue weighted by Crippen LogP contribution is -2.47. The van der Waals surface area contributed by atoms with Crippen molar-refractivity contribution in [2.24, 2.45) is 0 Å². The number of nitrogens with zero attached hydrogens (tertiary/aromatic N) is 1. The van der Waals surface area contributed by atoms with Crippen molar-refractivity contribution in [3.8, 4) is 0 Å². The zero-order chi connectivity index (χ0) is 17.9. The Hall–Kier alpha value is -2.37. The van der Waals surface area contributed by atoms with E-state index in [0.717, 1.165) is 36.1 Å². The lowest BCUT2D eigenvalue weighted by Gasteiger charge is -2.28. The van der Waals surface area contributed by atoms with Gasteiger partial charge in [0.05, 0.1) is 0 Å². The van der Waals surface area contributed by atoms with Crippen molar-refractivity contribution < 1.29 is 14.4 Å². The molecule has 2 N–H and O–H groups in total. The van der Waals surface area contributed by atoms with Crippen LogP contribution in [0.3, 0.4) is 0 Å². The molecule has 1 aliphatic carbocycles. The second-order valence-electron chi connectivity index (χ2n) is 7.09. The van der Waals surface area contributed by atoms with E-state index in [4.69, 9.17) is 0 Å². The minimum Gasteiger partial charge on any atom is -0.325 e. The average molecular weight is 343 g/mol. The molecule has 0 bridgehead atoms. The number of rotatable bonds is 3. The quantitative estimate of drug-likeness (QED) is 0.828. The molecule has 0 atom stereocenters. The van der Waals surface area contributed by atoms with Gasteiger partial charge in [0, 0.05) is 5.69 Å². The first-order valence-electron chi connectivity index (χ1n) is 9.01.